The van der Waals surface area contributed by atoms with Gasteiger partial charge in [-0.3, -0.25) is 0 Å². The molecule has 0 atom stereocenters. The lowest BCUT2D eigenvalue weighted by Gasteiger charge is -2.11. The third-order valence-electron chi connectivity index (χ3n) is 2.67. The molecule has 2 N–H and O–H groups in total. The molecule has 0 radical (unpaired) electrons. The van der Waals surface area contributed by atoms with E-state index in [1.807, 2.05) is 30.0 Å². The summed E-state index contributed by atoms with van der Waals surface area (Å²) in [4.78, 5) is 4.59. The van der Waals surface area contributed by atoms with Crippen molar-refractivity contribution in [3.05, 3.63) is 35.9 Å². The number of guanidine groups is 1. The van der Waals surface area contributed by atoms with Crippen LogP contribution in [0.1, 0.15) is 25.3 Å². The van der Waals surface area contributed by atoms with E-state index in [4.69, 9.17) is 0 Å². The van der Waals surface area contributed by atoms with Crippen molar-refractivity contribution in [2.75, 3.05) is 25.1 Å². The summed E-state index contributed by atoms with van der Waals surface area (Å²) in [5.74, 6) is 2.15. The number of hydrogen-bond acceptors (Lipinski definition) is 2. The fourth-order valence-electron chi connectivity index (χ4n) is 1.67. The summed E-state index contributed by atoms with van der Waals surface area (Å²) in [5.41, 5.74) is 1.24. The molecule has 0 aliphatic heterocycles. The molecule has 5 heteroatoms. The van der Waals surface area contributed by atoms with Crippen LogP contribution in [0.4, 0.5) is 0 Å². The van der Waals surface area contributed by atoms with Gasteiger partial charge in [-0.1, -0.05) is 30.3 Å². The Morgan fingerprint density at radius 2 is 1.90 bits per heavy atom. The van der Waals surface area contributed by atoms with Crippen molar-refractivity contribution in [2.24, 2.45) is 4.99 Å². The first-order valence-electron chi connectivity index (χ1n) is 6.92. The minimum atomic E-state index is 0. The summed E-state index contributed by atoms with van der Waals surface area (Å²) in [7, 11) is 0. The van der Waals surface area contributed by atoms with Crippen molar-refractivity contribution >= 4 is 41.7 Å². The van der Waals surface area contributed by atoms with Gasteiger partial charge in [0.05, 0.1) is 6.54 Å². The molecular formula is C15H26IN3S. The average molecular weight is 407 g/mol. The number of halogens is 1. The van der Waals surface area contributed by atoms with Gasteiger partial charge in [0.25, 0.3) is 0 Å². The Morgan fingerprint density at radius 3 is 2.55 bits per heavy atom. The van der Waals surface area contributed by atoms with Gasteiger partial charge in [-0.2, -0.15) is 11.8 Å². The van der Waals surface area contributed by atoms with Crippen LogP contribution in [0, 0.1) is 0 Å². The van der Waals surface area contributed by atoms with Gasteiger partial charge >= 0.3 is 0 Å². The number of nitrogens with one attached hydrogen (secondary N) is 2. The minimum Gasteiger partial charge on any atom is -0.357 e. The van der Waals surface area contributed by atoms with E-state index in [2.05, 4.69) is 40.9 Å². The van der Waals surface area contributed by atoms with E-state index in [1.54, 1.807) is 0 Å². The molecule has 20 heavy (non-hydrogen) atoms. The molecule has 114 valence electrons. The molecule has 0 aliphatic carbocycles. The first-order chi connectivity index (χ1) is 9.36. The molecule has 0 fully saturated rings. The molecule has 0 heterocycles. The van der Waals surface area contributed by atoms with Crippen molar-refractivity contribution in [3.8, 4) is 0 Å². The zero-order chi connectivity index (χ0) is 13.8. The zero-order valence-corrected chi connectivity index (χ0v) is 15.5. The van der Waals surface area contributed by atoms with Crippen molar-refractivity contribution < 1.29 is 0 Å². The summed E-state index contributed by atoms with van der Waals surface area (Å²) in [6, 6.07) is 10.3. The highest BCUT2D eigenvalue weighted by Crippen LogP contribution is 2.00. The van der Waals surface area contributed by atoms with Crippen LogP contribution in [0.2, 0.25) is 0 Å². The molecule has 1 rings (SSSR count). The summed E-state index contributed by atoms with van der Waals surface area (Å²) in [6.07, 6.45) is 4.60. The van der Waals surface area contributed by atoms with Crippen LogP contribution in [0.3, 0.4) is 0 Å². The van der Waals surface area contributed by atoms with Crippen LogP contribution in [-0.2, 0) is 6.54 Å². The molecule has 0 aromatic heterocycles. The third-order valence-corrected chi connectivity index (χ3v) is 3.37. The smallest absolute Gasteiger partial charge is 0.191 e. The highest BCUT2D eigenvalue weighted by Gasteiger charge is 1.96. The van der Waals surface area contributed by atoms with E-state index in [1.165, 1.54) is 24.2 Å². The lowest BCUT2D eigenvalue weighted by molar-refractivity contribution is 0.734. The molecular weight excluding hydrogens is 381 g/mol. The van der Waals surface area contributed by atoms with Crippen LogP contribution >= 0.6 is 35.7 Å². The van der Waals surface area contributed by atoms with Crippen molar-refractivity contribution in [2.45, 2.75) is 26.3 Å². The SMILES string of the molecule is CCNC(=NCc1ccccc1)NCCCCSC.I. The highest BCUT2D eigenvalue weighted by atomic mass is 127. The molecule has 0 unspecified atom stereocenters. The van der Waals surface area contributed by atoms with Crippen LogP contribution in [-0.4, -0.2) is 31.1 Å². The zero-order valence-electron chi connectivity index (χ0n) is 12.4. The second kappa shape index (κ2) is 13.5. The monoisotopic (exact) mass is 407 g/mol. The van der Waals surface area contributed by atoms with E-state index >= 15 is 0 Å². The average Bonchev–Trinajstić information content (AvgIpc) is 2.45. The second-order valence-electron chi connectivity index (χ2n) is 4.31. The van der Waals surface area contributed by atoms with Gasteiger partial charge in [0.15, 0.2) is 5.96 Å². The molecule has 0 saturated carbocycles. The van der Waals surface area contributed by atoms with Crippen molar-refractivity contribution in [1.82, 2.24) is 10.6 Å². The molecule has 0 spiro atoms. The van der Waals surface area contributed by atoms with Gasteiger partial charge in [-0.15, -0.1) is 24.0 Å². The third kappa shape index (κ3) is 9.47. The predicted molar refractivity (Wildman–Crippen MR) is 102 cm³/mol. The normalized spacial score (nSPS) is 10.8. The Bertz CT molecular complexity index is 357. The molecule has 0 aliphatic rings. The van der Waals surface area contributed by atoms with E-state index in [0.717, 1.165) is 25.6 Å². The van der Waals surface area contributed by atoms with Gasteiger partial charge < -0.3 is 10.6 Å². The number of nitrogens with zero attached hydrogens (tertiary/aromatic N) is 1. The lowest BCUT2D eigenvalue weighted by atomic mass is 10.2. The Morgan fingerprint density at radius 1 is 1.15 bits per heavy atom. The molecule has 1 aromatic rings. The predicted octanol–water partition coefficient (Wildman–Crippen LogP) is 3.50. The first-order valence-corrected chi connectivity index (χ1v) is 8.31. The number of hydrogen-bond donors (Lipinski definition) is 2. The fourth-order valence-corrected chi connectivity index (χ4v) is 2.17. The van der Waals surface area contributed by atoms with Gasteiger partial charge in [0.2, 0.25) is 0 Å². The molecule has 0 saturated heterocycles. The maximum absolute atomic E-state index is 4.59. The largest absolute Gasteiger partial charge is 0.357 e. The standard InChI is InChI=1S/C15H25N3S.HI/c1-3-16-15(17-11-7-8-12-19-2)18-13-14-9-5-4-6-10-14;/h4-6,9-10H,3,7-8,11-13H2,1-2H3,(H2,16,17,18);1H. The lowest BCUT2D eigenvalue weighted by Crippen LogP contribution is -2.37. The number of benzene rings is 1. The second-order valence-corrected chi connectivity index (χ2v) is 5.29. The summed E-state index contributed by atoms with van der Waals surface area (Å²) < 4.78 is 0. The Labute approximate surface area is 144 Å². The Kier molecular flexibility index (Phi) is 13.3. The van der Waals surface area contributed by atoms with Gasteiger partial charge in [0.1, 0.15) is 0 Å². The molecule has 0 amide bonds. The summed E-state index contributed by atoms with van der Waals surface area (Å²) in [5, 5.41) is 6.66. The topological polar surface area (TPSA) is 36.4 Å². The number of rotatable bonds is 8. The molecule has 3 nitrogen and oxygen atoms in total. The maximum atomic E-state index is 4.59. The van der Waals surface area contributed by atoms with Crippen LogP contribution in [0.5, 0.6) is 0 Å². The van der Waals surface area contributed by atoms with Gasteiger partial charge in [-0.05, 0) is 37.3 Å². The quantitative estimate of drug-likeness (QED) is 0.300. The summed E-state index contributed by atoms with van der Waals surface area (Å²) >= 11 is 1.90. The van der Waals surface area contributed by atoms with Crippen molar-refractivity contribution in [1.29, 1.82) is 0 Å². The molecule has 1 aromatic carbocycles. The van der Waals surface area contributed by atoms with Crippen molar-refractivity contribution in [3.63, 3.8) is 0 Å². The first kappa shape index (κ1) is 19.6. The Hall–Kier alpha value is -0.430. The minimum absolute atomic E-state index is 0. The maximum Gasteiger partial charge on any atom is 0.191 e. The number of unbranched alkanes of at least 4 members (excludes halogenated alkanes) is 1. The fraction of sp³-hybridized carbons (Fsp3) is 0.533. The van der Waals surface area contributed by atoms with Crippen LogP contribution in [0.25, 0.3) is 0 Å². The van der Waals surface area contributed by atoms with E-state index < -0.39 is 0 Å². The molecule has 0 bridgehead atoms. The highest BCUT2D eigenvalue weighted by molar-refractivity contribution is 14.0. The summed E-state index contributed by atoms with van der Waals surface area (Å²) in [6.45, 7) is 4.70. The Balaban J connectivity index is 0.00000361. The van der Waals surface area contributed by atoms with Crippen LogP contribution < -0.4 is 10.6 Å². The van der Waals surface area contributed by atoms with E-state index in [0.29, 0.717) is 0 Å². The van der Waals surface area contributed by atoms with E-state index in [-0.39, 0.29) is 24.0 Å². The van der Waals surface area contributed by atoms with Crippen LogP contribution in [0.15, 0.2) is 35.3 Å². The van der Waals surface area contributed by atoms with E-state index in [9.17, 15) is 0 Å². The number of thioether (sulfide) groups is 1. The van der Waals surface area contributed by atoms with Gasteiger partial charge in [-0.25, -0.2) is 4.99 Å². The van der Waals surface area contributed by atoms with Gasteiger partial charge in [0, 0.05) is 13.1 Å². The number of aliphatic imine (C=N–C) groups is 1.